The first-order valence-corrected chi connectivity index (χ1v) is 6.88. The van der Waals surface area contributed by atoms with Crippen molar-refractivity contribution in [2.24, 2.45) is 0 Å². The average Bonchev–Trinajstić information content (AvgIpc) is 2.41. The van der Waals surface area contributed by atoms with Gasteiger partial charge in [-0.05, 0) is 29.5 Å². The molecule has 20 heavy (non-hydrogen) atoms. The van der Waals surface area contributed by atoms with Gasteiger partial charge in [-0.2, -0.15) is 18.4 Å². The van der Waals surface area contributed by atoms with Crippen LogP contribution < -0.4 is 0 Å². The Hall–Kier alpha value is -1.23. The Labute approximate surface area is 119 Å². The van der Waals surface area contributed by atoms with E-state index in [2.05, 4.69) is 6.07 Å². The van der Waals surface area contributed by atoms with E-state index in [1.807, 2.05) is 4.90 Å². The molecule has 0 spiro atoms. The molecule has 0 aromatic heterocycles. The minimum atomic E-state index is -4.29. The summed E-state index contributed by atoms with van der Waals surface area (Å²) in [5, 5.41) is 9.27. The Morgan fingerprint density at radius 2 is 1.80 bits per heavy atom. The Morgan fingerprint density at radius 1 is 1.20 bits per heavy atom. The van der Waals surface area contributed by atoms with Crippen LogP contribution in [0.2, 0.25) is 0 Å². The summed E-state index contributed by atoms with van der Waals surface area (Å²) in [6, 6.07) is 7.72. The second-order valence-corrected chi connectivity index (χ2v) is 5.44. The minimum Gasteiger partial charge on any atom is -0.379 e. The van der Waals surface area contributed by atoms with E-state index in [1.54, 1.807) is 12.1 Å². The lowest BCUT2D eigenvalue weighted by atomic mass is 10.1. The number of alkyl halides is 3. The number of benzene rings is 1. The Kier molecular flexibility index (Phi) is 4.91. The van der Waals surface area contributed by atoms with Gasteiger partial charge >= 0.3 is 5.51 Å². The molecule has 0 saturated carbocycles. The molecule has 108 valence electrons. The summed E-state index contributed by atoms with van der Waals surface area (Å²) < 4.78 is 42.0. The van der Waals surface area contributed by atoms with Gasteiger partial charge in [-0.1, -0.05) is 12.1 Å². The number of ether oxygens (including phenoxy) is 1. The van der Waals surface area contributed by atoms with E-state index >= 15 is 0 Å². The Balaban J connectivity index is 2.09. The molecule has 1 aliphatic heterocycles. The molecule has 2 rings (SSSR count). The van der Waals surface area contributed by atoms with Crippen molar-refractivity contribution in [2.75, 3.05) is 26.3 Å². The first-order chi connectivity index (χ1) is 9.49. The minimum absolute atomic E-state index is 0.125. The number of thioether (sulfide) groups is 1. The number of hydrogen-bond donors (Lipinski definition) is 0. The number of halogens is 3. The van der Waals surface area contributed by atoms with E-state index < -0.39 is 11.6 Å². The lowest BCUT2D eigenvalue weighted by Gasteiger charge is -2.30. The fourth-order valence-electron chi connectivity index (χ4n) is 2.05. The molecule has 3 nitrogen and oxygen atoms in total. The standard InChI is InChI=1S/C13H13F3N2OS/c14-13(15,16)20-11-3-1-10(2-4-11)12(9-17)18-5-7-19-8-6-18/h1-4,12H,5-8H2. The number of nitrogens with zero attached hydrogens (tertiary/aromatic N) is 2. The Morgan fingerprint density at radius 3 is 2.30 bits per heavy atom. The van der Waals surface area contributed by atoms with Crippen molar-refractivity contribution in [1.82, 2.24) is 4.90 Å². The van der Waals surface area contributed by atoms with Crippen LogP contribution in [0.4, 0.5) is 13.2 Å². The zero-order valence-corrected chi connectivity index (χ0v) is 11.4. The summed E-state index contributed by atoms with van der Waals surface area (Å²) in [5.74, 6) is 0. The SMILES string of the molecule is N#CC(c1ccc(SC(F)(F)F)cc1)N1CCOCC1. The molecule has 0 radical (unpaired) electrons. The van der Waals surface area contributed by atoms with Gasteiger partial charge in [0.15, 0.2) is 0 Å². The van der Waals surface area contributed by atoms with Crippen LogP contribution >= 0.6 is 11.8 Å². The molecule has 1 aliphatic rings. The van der Waals surface area contributed by atoms with Crippen LogP contribution in [-0.4, -0.2) is 36.7 Å². The molecule has 1 heterocycles. The number of nitriles is 1. The quantitative estimate of drug-likeness (QED) is 0.803. The third kappa shape index (κ3) is 4.13. The van der Waals surface area contributed by atoms with E-state index in [-0.39, 0.29) is 16.7 Å². The van der Waals surface area contributed by atoms with Gasteiger partial charge in [0.05, 0.1) is 19.3 Å². The second kappa shape index (κ2) is 6.48. The third-order valence-electron chi connectivity index (χ3n) is 2.96. The summed E-state index contributed by atoms with van der Waals surface area (Å²) in [5.41, 5.74) is -3.58. The predicted octanol–water partition coefficient (Wildman–Crippen LogP) is 3.20. The van der Waals surface area contributed by atoms with Crippen LogP contribution in [-0.2, 0) is 4.74 Å². The van der Waals surface area contributed by atoms with Crippen LogP contribution in [0.5, 0.6) is 0 Å². The van der Waals surface area contributed by atoms with E-state index in [0.717, 1.165) is 0 Å². The number of hydrogen-bond acceptors (Lipinski definition) is 4. The summed E-state index contributed by atoms with van der Waals surface area (Å²) in [6.45, 7) is 2.44. The van der Waals surface area contributed by atoms with E-state index in [1.165, 1.54) is 12.1 Å². The smallest absolute Gasteiger partial charge is 0.379 e. The zero-order valence-electron chi connectivity index (χ0n) is 10.6. The highest BCUT2D eigenvalue weighted by Crippen LogP contribution is 2.37. The van der Waals surface area contributed by atoms with Gasteiger partial charge in [-0.25, -0.2) is 0 Å². The molecule has 1 atom stereocenters. The third-order valence-corrected chi connectivity index (χ3v) is 3.70. The Bertz CT molecular complexity index is 478. The van der Waals surface area contributed by atoms with Crippen LogP contribution in [0.25, 0.3) is 0 Å². The molecule has 1 aromatic carbocycles. The van der Waals surface area contributed by atoms with Crippen molar-refractivity contribution in [3.8, 4) is 6.07 Å². The molecule has 0 amide bonds. The molecule has 7 heteroatoms. The van der Waals surface area contributed by atoms with Gasteiger partial charge in [0.2, 0.25) is 0 Å². The molecule has 0 aliphatic carbocycles. The number of morpholine rings is 1. The van der Waals surface area contributed by atoms with Crippen molar-refractivity contribution in [1.29, 1.82) is 5.26 Å². The maximum Gasteiger partial charge on any atom is 0.446 e. The van der Waals surface area contributed by atoms with Gasteiger partial charge in [0, 0.05) is 18.0 Å². The predicted molar refractivity (Wildman–Crippen MR) is 69.1 cm³/mol. The lowest BCUT2D eigenvalue weighted by Crippen LogP contribution is -2.38. The van der Waals surface area contributed by atoms with Crippen LogP contribution in [0, 0.1) is 11.3 Å². The molecular formula is C13H13F3N2OS. The van der Waals surface area contributed by atoms with Crippen molar-refractivity contribution >= 4 is 11.8 Å². The first-order valence-electron chi connectivity index (χ1n) is 6.07. The maximum atomic E-state index is 12.2. The highest BCUT2D eigenvalue weighted by atomic mass is 32.2. The second-order valence-electron chi connectivity index (χ2n) is 4.30. The fourth-order valence-corrected chi connectivity index (χ4v) is 2.59. The molecule has 1 saturated heterocycles. The molecule has 1 fully saturated rings. The summed E-state index contributed by atoms with van der Waals surface area (Å²) in [4.78, 5) is 2.09. The van der Waals surface area contributed by atoms with E-state index in [4.69, 9.17) is 4.74 Å². The van der Waals surface area contributed by atoms with Gasteiger partial charge in [0.1, 0.15) is 6.04 Å². The highest BCUT2D eigenvalue weighted by molar-refractivity contribution is 8.00. The van der Waals surface area contributed by atoms with Crippen molar-refractivity contribution in [2.45, 2.75) is 16.4 Å². The van der Waals surface area contributed by atoms with Gasteiger partial charge in [-0.3, -0.25) is 4.90 Å². The van der Waals surface area contributed by atoms with E-state index in [9.17, 15) is 18.4 Å². The van der Waals surface area contributed by atoms with Crippen LogP contribution in [0.1, 0.15) is 11.6 Å². The molecule has 1 unspecified atom stereocenters. The molecular weight excluding hydrogens is 289 g/mol. The number of rotatable bonds is 3. The van der Waals surface area contributed by atoms with Gasteiger partial charge < -0.3 is 4.74 Å². The van der Waals surface area contributed by atoms with Crippen molar-refractivity contribution in [3.05, 3.63) is 29.8 Å². The zero-order chi connectivity index (χ0) is 14.6. The van der Waals surface area contributed by atoms with E-state index in [0.29, 0.717) is 31.9 Å². The summed E-state index contributed by atoms with van der Waals surface area (Å²) in [6.07, 6.45) is 0. The molecule has 0 bridgehead atoms. The van der Waals surface area contributed by atoms with Gasteiger partial charge in [0.25, 0.3) is 0 Å². The summed E-state index contributed by atoms with van der Waals surface area (Å²) >= 11 is -0.152. The van der Waals surface area contributed by atoms with Crippen LogP contribution in [0.15, 0.2) is 29.2 Å². The van der Waals surface area contributed by atoms with Crippen molar-refractivity contribution in [3.63, 3.8) is 0 Å². The molecule has 1 aromatic rings. The maximum absolute atomic E-state index is 12.2. The van der Waals surface area contributed by atoms with Crippen molar-refractivity contribution < 1.29 is 17.9 Å². The monoisotopic (exact) mass is 302 g/mol. The van der Waals surface area contributed by atoms with Gasteiger partial charge in [-0.15, -0.1) is 0 Å². The molecule has 0 N–H and O–H groups in total. The fraction of sp³-hybridized carbons (Fsp3) is 0.462. The van der Waals surface area contributed by atoms with Crippen LogP contribution in [0.3, 0.4) is 0 Å². The normalized spacial score (nSPS) is 18.5. The highest BCUT2D eigenvalue weighted by Gasteiger charge is 2.29. The largest absolute Gasteiger partial charge is 0.446 e. The average molecular weight is 302 g/mol. The topological polar surface area (TPSA) is 36.3 Å². The summed E-state index contributed by atoms with van der Waals surface area (Å²) in [7, 11) is 0. The first kappa shape index (κ1) is 15.2. The lowest BCUT2D eigenvalue weighted by molar-refractivity contribution is -0.0328.